The van der Waals surface area contributed by atoms with E-state index < -0.39 is 33.0 Å². The van der Waals surface area contributed by atoms with Crippen LogP contribution in [0.1, 0.15) is 43.0 Å². The second-order valence-corrected chi connectivity index (χ2v) is 13.2. The molecule has 0 saturated heterocycles. The van der Waals surface area contributed by atoms with Gasteiger partial charge in [-0.2, -0.15) is 0 Å². The van der Waals surface area contributed by atoms with Crippen LogP contribution < -0.4 is 15.0 Å². The second-order valence-electron chi connectivity index (χ2n) is 11.3. The van der Waals surface area contributed by atoms with Crippen LogP contribution >= 0.6 is 0 Å². The summed E-state index contributed by atoms with van der Waals surface area (Å²) >= 11 is 0. The maximum atomic E-state index is 16.0. The number of benzene rings is 3. The standard InChI is InChI=1S/C32H33FN2O5S/c1-5-15-40-22-13-14-23(24(33)17-22)30-31-25(18-32(3,4)19-41(31,38)39)34-29-26(11-8-12-27(29)36)35(30)28(37)16-21-10-7-6-9-20(21)2/h5-14,17,30,34,36H,1,15-16,18-19H2,2-4H3. The number of fused-ring (bicyclic) bond motifs is 1. The second kappa shape index (κ2) is 10.7. The number of hydrogen-bond donors (Lipinski definition) is 2. The lowest BCUT2D eigenvalue weighted by molar-refractivity contribution is -0.118. The summed E-state index contributed by atoms with van der Waals surface area (Å²) in [6, 6.07) is 14.9. The fourth-order valence-electron chi connectivity index (χ4n) is 5.69. The number of sulfone groups is 1. The summed E-state index contributed by atoms with van der Waals surface area (Å²) in [7, 11) is -4.00. The van der Waals surface area contributed by atoms with Crippen molar-refractivity contribution < 1.29 is 27.4 Å². The maximum absolute atomic E-state index is 16.0. The molecule has 5 rings (SSSR count). The predicted molar refractivity (Wildman–Crippen MR) is 158 cm³/mol. The van der Waals surface area contributed by atoms with E-state index in [0.29, 0.717) is 12.1 Å². The summed E-state index contributed by atoms with van der Waals surface area (Å²) in [5.41, 5.74) is 1.78. The summed E-state index contributed by atoms with van der Waals surface area (Å²) < 4.78 is 49.6. The molecule has 0 fully saturated rings. The SMILES string of the molecule is C=CCOc1ccc(C2C3=C(CC(C)(C)CS3(=O)=O)Nc3c(O)cccc3N2C(=O)Cc2ccccc2C)c(F)c1. The first kappa shape index (κ1) is 28.4. The molecular weight excluding hydrogens is 543 g/mol. The monoisotopic (exact) mass is 576 g/mol. The van der Waals surface area contributed by atoms with Crippen molar-refractivity contribution in [2.45, 2.75) is 39.7 Å². The molecule has 2 aliphatic rings. The number of phenolic OH excluding ortho intramolecular Hbond substituents is 1. The Bertz CT molecular complexity index is 1680. The molecule has 3 aromatic rings. The molecule has 214 valence electrons. The fourth-order valence-corrected chi connectivity index (χ4v) is 8.05. The van der Waals surface area contributed by atoms with Gasteiger partial charge < -0.3 is 15.2 Å². The van der Waals surface area contributed by atoms with Crippen LogP contribution in [0.3, 0.4) is 0 Å². The molecule has 0 aromatic heterocycles. The highest BCUT2D eigenvalue weighted by Crippen LogP contribution is 2.51. The highest BCUT2D eigenvalue weighted by molar-refractivity contribution is 7.95. The normalized spacial score (nSPS) is 18.9. The average molecular weight is 577 g/mol. The van der Waals surface area contributed by atoms with Gasteiger partial charge in [0.25, 0.3) is 0 Å². The molecule has 3 aromatic carbocycles. The average Bonchev–Trinajstić information content (AvgIpc) is 3.03. The summed E-state index contributed by atoms with van der Waals surface area (Å²) in [4.78, 5) is 15.5. The highest BCUT2D eigenvalue weighted by Gasteiger charge is 2.47. The zero-order valence-electron chi connectivity index (χ0n) is 23.3. The van der Waals surface area contributed by atoms with E-state index in [4.69, 9.17) is 4.74 Å². The molecule has 9 heteroatoms. The Labute approximate surface area is 239 Å². The fraction of sp³-hybridized carbons (Fsp3) is 0.281. The van der Waals surface area contributed by atoms with E-state index in [9.17, 15) is 18.3 Å². The molecule has 1 amide bonds. The van der Waals surface area contributed by atoms with E-state index in [1.165, 1.54) is 29.2 Å². The van der Waals surface area contributed by atoms with Gasteiger partial charge in [-0.15, -0.1) is 0 Å². The third-order valence-electron chi connectivity index (χ3n) is 7.44. The number of hydrogen-bond acceptors (Lipinski definition) is 6. The van der Waals surface area contributed by atoms with Gasteiger partial charge in [0.1, 0.15) is 35.7 Å². The molecule has 2 heterocycles. The lowest BCUT2D eigenvalue weighted by atomic mass is 9.88. The van der Waals surface area contributed by atoms with Gasteiger partial charge in [0, 0.05) is 17.3 Å². The van der Waals surface area contributed by atoms with E-state index in [-0.39, 0.29) is 52.1 Å². The largest absolute Gasteiger partial charge is 0.506 e. The van der Waals surface area contributed by atoms with Crippen molar-refractivity contribution in [3.05, 3.63) is 106 Å². The van der Waals surface area contributed by atoms with Gasteiger partial charge >= 0.3 is 0 Å². The van der Waals surface area contributed by atoms with Crippen LogP contribution in [-0.4, -0.2) is 31.8 Å². The number of phenols is 1. The van der Waals surface area contributed by atoms with Crippen LogP contribution in [0.2, 0.25) is 0 Å². The number of aromatic hydroxyl groups is 1. The topological polar surface area (TPSA) is 95.9 Å². The van der Waals surface area contributed by atoms with Gasteiger partial charge in [0.2, 0.25) is 5.91 Å². The van der Waals surface area contributed by atoms with Crippen molar-refractivity contribution in [1.82, 2.24) is 0 Å². The highest BCUT2D eigenvalue weighted by atomic mass is 32.2. The van der Waals surface area contributed by atoms with Gasteiger partial charge in [-0.25, -0.2) is 12.8 Å². The number of halogens is 1. The Hall–Kier alpha value is -4.11. The van der Waals surface area contributed by atoms with E-state index >= 15 is 4.39 Å². The Balaban J connectivity index is 1.79. The smallest absolute Gasteiger partial charge is 0.232 e. The molecule has 0 aliphatic carbocycles. The molecule has 41 heavy (non-hydrogen) atoms. The van der Waals surface area contributed by atoms with Crippen molar-refractivity contribution in [3.8, 4) is 11.5 Å². The van der Waals surface area contributed by atoms with Crippen molar-refractivity contribution >= 4 is 27.1 Å². The maximum Gasteiger partial charge on any atom is 0.232 e. The minimum Gasteiger partial charge on any atom is -0.506 e. The number of carbonyl (C=O) groups excluding carboxylic acids is 1. The lowest BCUT2D eigenvalue weighted by Crippen LogP contribution is -2.42. The molecule has 0 bridgehead atoms. The van der Waals surface area contributed by atoms with E-state index in [2.05, 4.69) is 11.9 Å². The van der Waals surface area contributed by atoms with Gasteiger partial charge in [0.15, 0.2) is 9.84 Å². The summed E-state index contributed by atoms with van der Waals surface area (Å²) in [5.74, 6) is -1.26. The summed E-state index contributed by atoms with van der Waals surface area (Å²) in [6.07, 6.45) is 1.79. The summed E-state index contributed by atoms with van der Waals surface area (Å²) in [6.45, 7) is 9.35. The first-order chi connectivity index (χ1) is 19.4. The minimum absolute atomic E-state index is 0.00265. The van der Waals surface area contributed by atoms with E-state index in [1.807, 2.05) is 45.0 Å². The van der Waals surface area contributed by atoms with E-state index in [0.717, 1.165) is 11.1 Å². The number of carbonyl (C=O) groups is 1. The molecule has 7 nitrogen and oxygen atoms in total. The number of amides is 1. The van der Waals surface area contributed by atoms with Gasteiger partial charge in [-0.1, -0.05) is 56.8 Å². The Morgan fingerprint density at radius 1 is 1.20 bits per heavy atom. The molecule has 0 radical (unpaired) electrons. The third-order valence-corrected chi connectivity index (χ3v) is 9.74. The zero-order valence-corrected chi connectivity index (χ0v) is 24.1. The lowest BCUT2D eigenvalue weighted by Gasteiger charge is -2.37. The third kappa shape index (κ3) is 5.46. The Morgan fingerprint density at radius 2 is 1.95 bits per heavy atom. The number of para-hydroxylation sites is 1. The number of nitrogens with zero attached hydrogens (tertiary/aromatic N) is 1. The number of allylic oxidation sites excluding steroid dienone is 1. The molecule has 1 atom stereocenters. The van der Waals surface area contributed by atoms with Crippen molar-refractivity contribution in [1.29, 1.82) is 0 Å². The molecule has 0 saturated carbocycles. The van der Waals surface area contributed by atoms with Crippen LogP contribution in [0, 0.1) is 18.2 Å². The quantitative estimate of drug-likeness (QED) is 0.268. The van der Waals surface area contributed by atoms with Gasteiger partial charge in [-0.05, 0) is 54.2 Å². The minimum atomic E-state index is -4.00. The number of ether oxygens (including phenoxy) is 1. The van der Waals surface area contributed by atoms with Crippen molar-refractivity contribution in [2.75, 3.05) is 22.6 Å². The van der Waals surface area contributed by atoms with E-state index in [1.54, 1.807) is 18.2 Å². The zero-order chi connectivity index (χ0) is 29.5. The van der Waals surface area contributed by atoms with Crippen molar-refractivity contribution in [2.24, 2.45) is 5.41 Å². The Kier molecular flexibility index (Phi) is 7.42. The first-order valence-corrected chi connectivity index (χ1v) is 15.0. The van der Waals surface area contributed by atoms with Crippen LogP contribution in [0.5, 0.6) is 11.5 Å². The number of aryl methyl sites for hydroxylation is 1. The van der Waals surface area contributed by atoms with Crippen LogP contribution in [0.4, 0.5) is 15.8 Å². The molecule has 0 spiro atoms. The van der Waals surface area contributed by atoms with Crippen LogP contribution in [0.25, 0.3) is 0 Å². The van der Waals surface area contributed by atoms with Gasteiger partial charge in [0.05, 0.1) is 22.8 Å². The molecular formula is C32H33FN2O5S. The van der Waals surface area contributed by atoms with Crippen LogP contribution in [-0.2, 0) is 21.1 Å². The number of rotatable bonds is 6. The number of anilines is 2. The van der Waals surface area contributed by atoms with Crippen molar-refractivity contribution in [3.63, 3.8) is 0 Å². The molecule has 1 unspecified atom stereocenters. The van der Waals surface area contributed by atoms with Gasteiger partial charge in [-0.3, -0.25) is 9.69 Å². The molecule has 2 N–H and O–H groups in total. The number of nitrogens with one attached hydrogen (secondary N) is 1. The van der Waals surface area contributed by atoms with Crippen LogP contribution in [0.15, 0.2) is 83.9 Å². The molecule has 2 aliphatic heterocycles. The Morgan fingerprint density at radius 3 is 2.66 bits per heavy atom. The summed E-state index contributed by atoms with van der Waals surface area (Å²) in [5, 5.41) is 14.1. The first-order valence-electron chi connectivity index (χ1n) is 13.4. The predicted octanol–water partition coefficient (Wildman–Crippen LogP) is 6.20.